The van der Waals surface area contributed by atoms with Crippen LogP contribution in [0.1, 0.15) is 0 Å². The van der Waals surface area contributed by atoms with E-state index >= 15 is 0 Å². The molecule has 2 heterocycles. The maximum atomic E-state index is 11.1. The minimum Gasteiger partial charge on any atom is -0.352 e. The SMILES string of the molecule is O=C1CN(c2cccnc2)CC(=O)N1. The average Bonchev–Trinajstić information content (AvgIpc) is 2.18. The van der Waals surface area contributed by atoms with Gasteiger partial charge in [0.05, 0.1) is 25.0 Å². The molecule has 1 aliphatic heterocycles. The van der Waals surface area contributed by atoms with E-state index in [1.165, 1.54) is 0 Å². The number of hydrogen-bond donors (Lipinski definition) is 1. The number of nitrogens with zero attached hydrogens (tertiary/aromatic N) is 2. The second-order valence-electron chi connectivity index (χ2n) is 3.04. The Kier molecular flexibility index (Phi) is 2.14. The van der Waals surface area contributed by atoms with Gasteiger partial charge in [-0.3, -0.25) is 19.9 Å². The second kappa shape index (κ2) is 3.45. The summed E-state index contributed by atoms with van der Waals surface area (Å²) in [5.41, 5.74) is 0.788. The summed E-state index contributed by atoms with van der Waals surface area (Å²) in [4.78, 5) is 27.7. The van der Waals surface area contributed by atoms with Crippen molar-refractivity contribution in [2.24, 2.45) is 0 Å². The highest BCUT2D eigenvalue weighted by Crippen LogP contribution is 2.12. The number of amides is 2. The molecule has 2 rings (SSSR count). The van der Waals surface area contributed by atoms with Crippen LogP contribution in [-0.4, -0.2) is 29.9 Å². The van der Waals surface area contributed by atoms with Crippen molar-refractivity contribution in [2.45, 2.75) is 0 Å². The molecule has 72 valence electrons. The van der Waals surface area contributed by atoms with Gasteiger partial charge in [0.2, 0.25) is 11.8 Å². The Labute approximate surface area is 80.7 Å². The molecule has 0 bridgehead atoms. The predicted octanol–water partition coefficient (Wildman–Crippen LogP) is -0.456. The van der Waals surface area contributed by atoms with Gasteiger partial charge in [0.25, 0.3) is 0 Å². The number of carbonyl (C=O) groups excluding carboxylic acids is 2. The molecule has 0 aromatic carbocycles. The topological polar surface area (TPSA) is 62.3 Å². The summed E-state index contributed by atoms with van der Waals surface area (Å²) in [6, 6.07) is 3.59. The van der Waals surface area contributed by atoms with Crippen molar-refractivity contribution in [1.29, 1.82) is 0 Å². The van der Waals surface area contributed by atoms with Crippen LogP contribution in [0.4, 0.5) is 5.69 Å². The molecule has 0 saturated carbocycles. The first-order chi connectivity index (χ1) is 6.75. The van der Waals surface area contributed by atoms with Gasteiger partial charge in [-0.2, -0.15) is 0 Å². The monoisotopic (exact) mass is 191 g/mol. The summed E-state index contributed by atoms with van der Waals surface area (Å²) in [7, 11) is 0. The number of anilines is 1. The van der Waals surface area contributed by atoms with Gasteiger partial charge in [-0.1, -0.05) is 0 Å². The van der Waals surface area contributed by atoms with Crippen molar-refractivity contribution in [3.8, 4) is 0 Å². The number of carbonyl (C=O) groups is 2. The minimum atomic E-state index is -0.273. The van der Waals surface area contributed by atoms with Crippen molar-refractivity contribution in [3.05, 3.63) is 24.5 Å². The fourth-order valence-corrected chi connectivity index (χ4v) is 1.36. The molecule has 0 spiro atoms. The van der Waals surface area contributed by atoms with Crippen LogP contribution in [0, 0.1) is 0 Å². The van der Waals surface area contributed by atoms with Gasteiger partial charge in [0, 0.05) is 6.20 Å². The lowest BCUT2D eigenvalue weighted by Crippen LogP contribution is -2.51. The van der Waals surface area contributed by atoms with Gasteiger partial charge in [-0.15, -0.1) is 0 Å². The van der Waals surface area contributed by atoms with Gasteiger partial charge < -0.3 is 4.90 Å². The Hall–Kier alpha value is -1.91. The van der Waals surface area contributed by atoms with E-state index in [1.54, 1.807) is 23.4 Å². The zero-order valence-corrected chi connectivity index (χ0v) is 7.43. The van der Waals surface area contributed by atoms with Crippen molar-refractivity contribution in [1.82, 2.24) is 10.3 Å². The van der Waals surface area contributed by atoms with Crippen LogP contribution in [0.2, 0.25) is 0 Å². The molecule has 0 atom stereocenters. The van der Waals surface area contributed by atoms with Crippen LogP contribution in [-0.2, 0) is 9.59 Å². The average molecular weight is 191 g/mol. The van der Waals surface area contributed by atoms with Crippen LogP contribution < -0.4 is 10.2 Å². The van der Waals surface area contributed by atoms with Gasteiger partial charge in [-0.05, 0) is 12.1 Å². The van der Waals surface area contributed by atoms with Crippen LogP contribution in [0.25, 0.3) is 0 Å². The highest BCUT2D eigenvalue weighted by Gasteiger charge is 2.22. The summed E-state index contributed by atoms with van der Waals surface area (Å²) in [6.07, 6.45) is 3.28. The quantitative estimate of drug-likeness (QED) is 0.610. The standard InChI is InChI=1S/C9H9N3O2/c13-8-5-12(6-9(14)11-8)7-2-1-3-10-4-7/h1-4H,5-6H2,(H,11,13,14). The number of pyridine rings is 1. The van der Waals surface area contributed by atoms with Crippen LogP contribution in [0.3, 0.4) is 0 Å². The highest BCUT2D eigenvalue weighted by atomic mass is 16.2. The first kappa shape index (κ1) is 8.68. The molecule has 0 radical (unpaired) electrons. The first-order valence-corrected chi connectivity index (χ1v) is 4.23. The molecular weight excluding hydrogens is 182 g/mol. The van der Waals surface area contributed by atoms with Crippen molar-refractivity contribution in [2.75, 3.05) is 18.0 Å². The smallest absolute Gasteiger partial charge is 0.246 e. The molecule has 0 unspecified atom stereocenters. The van der Waals surface area contributed by atoms with Gasteiger partial charge >= 0.3 is 0 Å². The third kappa shape index (κ3) is 1.71. The second-order valence-corrected chi connectivity index (χ2v) is 3.04. The summed E-state index contributed by atoms with van der Waals surface area (Å²) < 4.78 is 0. The lowest BCUT2D eigenvalue weighted by Gasteiger charge is -2.26. The van der Waals surface area contributed by atoms with E-state index in [0.29, 0.717) is 0 Å². The number of imide groups is 1. The van der Waals surface area contributed by atoms with E-state index in [4.69, 9.17) is 0 Å². The van der Waals surface area contributed by atoms with Crippen LogP contribution in [0.15, 0.2) is 24.5 Å². The molecule has 1 aromatic rings. The van der Waals surface area contributed by atoms with E-state index < -0.39 is 0 Å². The molecule has 1 fully saturated rings. The molecule has 1 aromatic heterocycles. The summed E-state index contributed by atoms with van der Waals surface area (Å²) in [5, 5.41) is 2.24. The molecule has 14 heavy (non-hydrogen) atoms. The zero-order chi connectivity index (χ0) is 9.97. The highest BCUT2D eigenvalue weighted by molar-refractivity contribution is 6.02. The minimum absolute atomic E-state index is 0.206. The van der Waals surface area contributed by atoms with E-state index in [-0.39, 0.29) is 24.9 Å². The molecule has 5 heteroatoms. The Morgan fingerprint density at radius 2 is 2.00 bits per heavy atom. The molecule has 1 saturated heterocycles. The first-order valence-electron chi connectivity index (χ1n) is 4.23. The molecule has 5 nitrogen and oxygen atoms in total. The largest absolute Gasteiger partial charge is 0.352 e. The fraction of sp³-hybridized carbons (Fsp3) is 0.222. The third-order valence-electron chi connectivity index (χ3n) is 1.96. The number of aromatic nitrogens is 1. The van der Waals surface area contributed by atoms with Crippen molar-refractivity contribution >= 4 is 17.5 Å². The molecule has 1 N–H and O–H groups in total. The number of hydrogen-bond acceptors (Lipinski definition) is 4. The van der Waals surface area contributed by atoms with Crippen LogP contribution in [0.5, 0.6) is 0 Å². The number of nitrogens with one attached hydrogen (secondary N) is 1. The van der Waals surface area contributed by atoms with E-state index in [2.05, 4.69) is 10.3 Å². The maximum absolute atomic E-state index is 11.1. The summed E-state index contributed by atoms with van der Waals surface area (Å²) in [5.74, 6) is -0.546. The van der Waals surface area contributed by atoms with Gasteiger partial charge in [0.1, 0.15) is 0 Å². The molecule has 1 aliphatic rings. The number of rotatable bonds is 1. The van der Waals surface area contributed by atoms with Crippen LogP contribution >= 0.6 is 0 Å². The lowest BCUT2D eigenvalue weighted by atomic mass is 10.3. The van der Waals surface area contributed by atoms with Crippen molar-refractivity contribution < 1.29 is 9.59 Å². The number of piperazine rings is 1. The molecular formula is C9H9N3O2. The van der Waals surface area contributed by atoms with Gasteiger partial charge in [-0.25, -0.2) is 0 Å². The Morgan fingerprint density at radius 3 is 2.57 bits per heavy atom. The normalized spacial score (nSPS) is 16.7. The fourth-order valence-electron chi connectivity index (χ4n) is 1.36. The summed E-state index contributed by atoms with van der Waals surface area (Å²) in [6.45, 7) is 0.412. The van der Waals surface area contributed by atoms with E-state index in [0.717, 1.165) is 5.69 Å². The summed E-state index contributed by atoms with van der Waals surface area (Å²) >= 11 is 0. The van der Waals surface area contributed by atoms with Crippen molar-refractivity contribution in [3.63, 3.8) is 0 Å². The third-order valence-corrected chi connectivity index (χ3v) is 1.96. The maximum Gasteiger partial charge on any atom is 0.246 e. The lowest BCUT2D eigenvalue weighted by molar-refractivity contribution is -0.130. The zero-order valence-electron chi connectivity index (χ0n) is 7.43. The van der Waals surface area contributed by atoms with E-state index in [1.807, 2.05) is 6.07 Å². The Bertz CT molecular complexity index is 348. The van der Waals surface area contributed by atoms with E-state index in [9.17, 15) is 9.59 Å². The molecule has 0 aliphatic carbocycles. The Morgan fingerprint density at radius 1 is 1.29 bits per heavy atom. The Balaban J connectivity index is 2.19. The predicted molar refractivity (Wildman–Crippen MR) is 49.6 cm³/mol. The molecule has 2 amide bonds. The van der Waals surface area contributed by atoms with Gasteiger partial charge in [0.15, 0.2) is 0 Å².